The van der Waals surface area contributed by atoms with Crippen molar-refractivity contribution in [2.75, 3.05) is 6.61 Å². The molecule has 0 aliphatic rings. The minimum Gasteiger partial charge on any atom is -0.482 e. The number of amides is 1. The minimum atomic E-state index is -0.238. The Kier molecular flexibility index (Phi) is 5.29. The zero-order chi connectivity index (χ0) is 13.8. The van der Waals surface area contributed by atoms with Crippen LogP contribution in [0.3, 0.4) is 0 Å². The summed E-state index contributed by atoms with van der Waals surface area (Å²) in [5, 5.41) is 3.82. The molecular formula is C13H17Cl2NO2. The molecule has 0 fully saturated rings. The van der Waals surface area contributed by atoms with Gasteiger partial charge >= 0.3 is 0 Å². The highest BCUT2D eigenvalue weighted by Gasteiger charge is 2.18. The van der Waals surface area contributed by atoms with Gasteiger partial charge in [-0.2, -0.15) is 0 Å². The lowest BCUT2D eigenvalue weighted by Gasteiger charge is -2.24. The number of nitrogens with one attached hydrogen (secondary N) is 1. The maximum atomic E-state index is 11.7. The van der Waals surface area contributed by atoms with E-state index < -0.39 is 0 Å². The highest BCUT2D eigenvalue weighted by molar-refractivity contribution is 6.34. The van der Waals surface area contributed by atoms with E-state index in [0.29, 0.717) is 15.8 Å². The van der Waals surface area contributed by atoms with Gasteiger partial charge in [0, 0.05) is 16.6 Å². The SMILES string of the molecule is CCC(C)(C)NC(=O)COc1cc(Cl)ccc1Cl. The largest absolute Gasteiger partial charge is 0.482 e. The van der Waals surface area contributed by atoms with E-state index in [-0.39, 0.29) is 18.1 Å². The Morgan fingerprint density at radius 2 is 2.06 bits per heavy atom. The maximum Gasteiger partial charge on any atom is 0.258 e. The average molecular weight is 290 g/mol. The molecule has 0 unspecified atom stereocenters. The van der Waals surface area contributed by atoms with Crippen LogP contribution in [0.5, 0.6) is 5.75 Å². The van der Waals surface area contributed by atoms with Crippen molar-refractivity contribution in [3.05, 3.63) is 28.2 Å². The maximum absolute atomic E-state index is 11.7. The molecule has 1 N–H and O–H groups in total. The van der Waals surface area contributed by atoms with Crippen molar-refractivity contribution < 1.29 is 9.53 Å². The molecule has 0 spiro atoms. The van der Waals surface area contributed by atoms with Gasteiger partial charge in [0.25, 0.3) is 5.91 Å². The number of benzene rings is 1. The van der Waals surface area contributed by atoms with Crippen LogP contribution in [0.1, 0.15) is 27.2 Å². The van der Waals surface area contributed by atoms with E-state index in [1.165, 1.54) is 0 Å². The topological polar surface area (TPSA) is 38.3 Å². The molecule has 0 aliphatic heterocycles. The van der Waals surface area contributed by atoms with Crippen LogP contribution in [0, 0.1) is 0 Å². The second-order valence-corrected chi connectivity index (χ2v) is 5.49. The van der Waals surface area contributed by atoms with Gasteiger partial charge in [0.05, 0.1) is 5.02 Å². The number of hydrogen-bond donors (Lipinski definition) is 1. The van der Waals surface area contributed by atoms with Crippen LogP contribution in [0.4, 0.5) is 0 Å². The van der Waals surface area contributed by atoms with Gasteiger partial charge in [-0.15, -0.1) is 0 Å². The summed E-state index contributed by atoms with van der Waals surface area (Å²) in [6.07, 6.45) is 0.844. The van der Waals surface area contributed by atoms with E-state index in [1.54, 1.807) is 18.2 Å². The van der Waals surface area contributed by atoms with Crippen molar-refractivity contribution in [1.29, 1.82) is 0 Å². The number of hydrogen-bond acceptors (Lipinski definition) is 2. The second-order valence-electron chi connectivity index (χ2n) is 4.65. The van der Waals surface area contributed by atoms with E-state index in [9.17, 15) is 4.79 Å². The molecule has 0 radical (unpaired) electrons. The van der Waals surface area contributed by atoms with Crippen LogP contribution in [0.15, 0.2) is 18.2 Å². The third-order valence-electron chi connectivity index (χ3n) is 2.61. The summed E-state index contributed by atoms with van der Waals surface area (Å²) in [5.74, 6) is 0.228. The van der Waals surface area contributed by atoms with Crippen LogP contribution in [0.25, 0.3) is 0 Å². The van der Waals surface area contributed by atoms with Gasteiger partial charge in [0.2, 0.25) is 0 Å². The van der Waals surface area contributed by atoms with Crippen molar-refractivity contribution >= 4 is 29.1 Å². The summed E-state index contributed by atoms with van der Waals surface area (Å²) in [6.45, 7) is 5.84. The zero-order valence-corrected chi connectivity index (χ0v) is 12.2. The summed E-state index contributed by atoms with van der Waals surface area (Å²) in [6, 6.07) is 4.88. The first-order chi connectivity index (χ1) is 8.34. The molecule has 18 heavy (non-hydrogen) atoms. The molecule has 0 saturated heterocycles. The normalized spacial score (nSPS) is 11.2. The standard InChI is InChI=1S/C13H17Cl2NO2/c1-4-13(2,3)16-12(17)8-18-11-7-9(14)5-6-10(11)15/h5-7H,4,8H2,1-3H3,(H,16,17). The predicted octanol–water partition coefficient (Wildman–Crippen LogP) is 3.68. The summed E-state index contributed by atoms with van der Waals surface area (Å²) >= 11 is 11.7. The van der Waals surface area contributed by atoms with Crippen molar-refractivity contribution in [3.63, 3.8) is 0 Å². The molecule has 0 atom stereocenters. The fourth-order valence-corrected chi connectivity index (χ4v) is 1.57. The Hall–Kier alpha value is -0.930. The number of carbonyl (C=O) groups excluding carboxylic acids is 1. The van der Waals surface area contributed by atoms with Gasteiger partial charge in [-0.1, -0.05) is 30.1 Å². The molecule has 1 aromatic rings. The quantitative estimate of drug-likeness (QED) is 0.898. The molecule has 0 aromatic heterocycles. The fourth-order valence-electron chi connectivity index (χ4n) is 1.23. The van der Waals surface area contributed by atoms with E-state index in [2.05, 4.69) is 5.32 Å². The number of rotatable bonds is 5. The van der Waals surface area contributed by atoms with Gasteiger partial charge in [0.1, 0.15) is 5.75 Å². The summed E-state index contributed by atoms with van der Waals surface area (Å²) in [5.41, 5.74) is -0.238. The molecule has 0 bridgehead atoms. The van der Waals surface area contributed by atoms with Crippen molar-refractivity contribution in [3.8, 4) is 5.75 Å². The Balaban J connectivity index is 2.55. The smallest absolute Gasteiger partial charge is 0.258 e. The second kappa shape index (κ2) is 6.30. The number of ether oxygens (including phenoxy) is 1. The monoisotopic (exact) mass is 289 g/mol. The fraction of sp³-hybridized carbons (Fsp3) is 0.462. The average Bonchev–Trinajstić information content (AvgIpc) is 2.30. The first-order valence-corrected chi connectivity index (χ1v) is 6.48. The predicted molar refractivity (Wildman–Crippen MR) is 74.5 cm³/mol. The van der Waals surface area contributed by atoms with Crippen molar-refractivity contribution in [1.82, 2.24) is 5.32 Å². The molecule has 0 aliphatic carbocycles. The van der Waals surface area contributed by atoms with Crippen LogP contribution < -0.4 is 10.1 Å². The van der Waals surface area contributed by atoms with Crippen molar-refractivity contribution in [2.24, 2.45) is 0 Å². The molecule has 100 valence electrons. The van der Waals surface area contributed by atoms with Gasteiger partial charge in [0.15, 0.2) is 6.61 Å². The lowest BCUT2D eigenvalue weighted by Crippen LogP contribution is -2.44. The summed E-state index contributed by atoms with van der Waals surface area (Å²) in [4.78, 5) is 11.7. The third-order valence-corrected chi connectivity index (χ3v) is 3.16. The molecule has 1 rings (SSSR count). The Morgan fingerprint density at radius 3 is 2.67 bits per heavy atom. The molecule has 0 saturated carbocycles. The lowest BCUT2D eigenvalue weighted by molar-refractivity contribution is -0.124. The minimum absolute atomic E-state index is 0.0799. The van der Waals surface area contributed by atoms with E-state index in [4.69, 9.17) is 27.9 Å². The van der Waals surface area contributed by atoms with Gasteiger partial charge < -0.3 is 10.1 Å². The van der Waals surface area contributed by atoms with Gasteiger partial charge in [-0.3, -0.25) is 4.79 Å². The first kappa shape index (κ1) is 15.1. The van der Waals surface area contributed by atoms with Crippen LogP contribution in [0.2, 0.25) is 10.0 Å². The molecule has 5 heteroatoms. The van der Waals surface area contributed by atoms with Gasteiger partial charge in [-0.25, -0.2) is 0 Å². The van der Waals surface area contributed by atoms with Crippen LogP contribution in [-0.4, -0.2) is 18.1 Å². The highest BCUT2D eigenvalue weighted by atomic mass is 35.5. The lowest BCUT2D eigenvalue weighted by atomic mass is 10.0. The van der Waals surface area contributed by atoms with Gasteiger partial charge in [-0.05, 0) is 32.4 Å². The third kappa shape index (κ3) is 4.75. The van der Waals surface area contributed by atoms with Crippen LogP contribution in [-0.2, 0) is 4.79 Å². The highest BCUT2D eigenvalue weighted by Crippen LogP contribution is 2.27. The molecule has 3 nitrogen and oxygen atoms in total. The van der Waals surface area contributed by atoms with E-state index in [1.807, 2.05) is 20.8 Å². The van der Waals surface area contributed by atoms with E-state index >= 15 is 0 Å². The molecule has 1 amide bonds. The molecule has 1 aromatic carbocycles. The van der Waals surface area contributed by atoms with Crippen molar-refractivity contribution in [2.45, 2.75) is 32.7 Å². The molecule has 0 heterocycles. The number of halogens is 2. The zero-order valence-electron chi connectivity index (χ0n) is 10.7. The Labute approximate surface area is 117 Å². The molecular weight excluding hydrogens is 273 g/mol. The summed E-state index contributed by atoms with van der Waals surface area (Å²) in [7, 11) is 0. The van der Waals surface area contributed by atoms with E-state index in [0.717, 1.165) is 6.42 Å². The van der Waals surface area contributed by atoms with Crippen LogP contribution >= 0.6 is 23.2 Å². The Bertz CT molecular complexity index is 433. The first-order valence-electron chi connectivity index (χ1n) is 5.73. The Morgan fingerprint density at radius 1 is 1.39 bits per heavy atom. The number of carbonyl (C=O) groups is 1. The summed E-state index contributed by atoms with van der Waals surface area (Å²) < 4.78 is 5.34.